The van der Waals surface area contributed by atoms with E-state index in [4.69, 9.17) is 11.6 Å². The molecule has 2 aromatic carbocycles. The molecule has 0 unspecified atom stereocenters. The van der Waals surface area contributed by atoms with Crippen LogP contribution in [0.2, 0.25) is 5.02 Å². The minimum Gasteiger partial charge on any atom is -0.298 e. The number of rotatable bonds is 4. The fraction of sp³-hybridized carbons (Fsp3) is 0.0714. The molecule has 1 nitrogen and oxygen atoms in total. The van der Waals surface area contributed by atoms with Crippen molar-refractivity contribution in [3.05, 3.63) is 64.4 Å². The average Bonchev–Trinajstić information content (AvgIpc) is 2.39. The minimum absolute atomic E-state index is 0.383. The van der Waals surface area contributed by atoms with E-state index in [1.165, 1.54) is 23.9 Å². The van der Waals surface area contributed by atoms with Gasteiger partial charge >= 0.3 is 0 Å². The van der Waals surface area contributed by atoms with Gasteiger partial charge in [0.15, 0.2) is 6.29 Å². The maximum atomic E-state index is 13.0. The summed E-state index contributed by atoms with van der Waals surface area (Å²) in [4.78, 5) is 11.6. The maximum absolute atomic E-state index is 13.0. The van der Waals surface area contributed by atoms with E-state index < -0.39 is 5.82 Å². The van der Waals surface area contributed by atoms with Gasteiger partial charge in [-0.05, 0) is 35.9 Å². The summed E-state index contributed by atoms with van der Waals surface area (Å²) in [7, 11) is 0. The van der Waals surface area contributed by atoms with E-state index in [1.54, 1.807) is 6.07 Å². The third-order valence-electron chi connectivity index (χ3n) is 2.41. The molecule has 0 aromatic heterocycles. The standard InChI is InChI=1S/C14H10ClFOS/c15-12-3-1-10(2-4-12)9-18-14-6-5-13(16)7-11(14)8-17/h1-8H,9H2. The van der Waals surface area contributed by atoms with Crippen LogP contribution in [0.25, 0.3) is 0 Å². The quantitative estimate of drug-likeness (QED) is 0.602. The Balaban J connectivity index is 2.10. The lowest BCUT2D eigenvalue weighted by Gasteiger charge is -2.05. The zero-order valence-electron chi connectivity index (χ0n) is 9.40. The summed E-state index contributed by atoms with van der Waals surface area (Å²) < 4.78 is 13.0. The van der Waals surface area contributed by atoms with E-state index in [0.717, 1.165) is 10.5 Å². The summed E-state index contributed by atoms with van der Waals surface area (Å²) in [5, 5.41) is 0.694. The molecule has 18 heavy (non-hydrogen) atoms. The van der Waals surface area contributed by atoms with Gasteiger partial charge in [0.05, 0.1) is 0 Å². The molecule has 0 radical (unpaired) electrons. The van der Waals surface area contributed by atoms with Gasteiger partial charge in [0.1, 0.15) is 5.82 Å². The van der Waals surface area contributed by atoms with Gasteiger partial charge in [-0.1, -0.05) is 23.7 Å². The first-order valence-electron chi connectivity index (χ1n) is 5.31. The lowest BCUT2D eigenvalue weighted by Crippen LogP contribution is -1.88. The predicted molar refractivity (Wildman–Crippen MR) is 72.8 cm³/mol. The number of thioether (sulfide) groups is 1. The van der Waals surface area contributed by atoms with Gasteiger partial charge in [0, 0.05) is 21.2 Å². The highest BCUT2D eigenvalue weighted by atomic mass is 35.5. The summed E-state index contributed by atoms with van der Waals surface area (Å²) in [5.74, 6) is 0.317. The van der Waals surface area contributed by atoms with Gasteiger partial charge in [-0.25, -0.2) is 4.39 Å². The highest BCUT2D eigenvalue weighted by molar-refractivity contribution is 7.98. The van der Waals surface area contributed by atoms with Crippen molar-refractivity contribution in [2.24, 2.45) is 0 Å². The topological polar surface area (TPSA) is 17.1 Å². The van der Waals surface area contributed by atoms with Gasteiger partial charge < -0.3 is 0 Å². The third kappa shape index (κ3) is 3.34. The maximum Gasteiger partial charge on any atom is 0.151 e. The molecule has 0 bridgehead atoms. The average molecular weight is 281 g/mol. The highest BCUT2D eigenvalue weighted by Crippen LogP contribution is 2.26. The van der Waals surface area contributed by atoms with Crippen molar-refractivity contribution in [3.63, 3.8) is 0 Å². The Morgan fingerprint density at radius 3 is 2.56 bits per heavy atom. The van der Waals surface area contributed by atoms with Crippen molar-refractivity contribution in [1.29, 1.82) is 0 Å². The van der Waals surface area contributed by atoms with E-state index >= 15 is 0 Å². The van der Waals surface area contributed by atoms with Crippen LogP contribution < -0.4 is 0 Å². The number of hydrogen-bond acceptors (Lipinski definition) is 2. The Kier molecular flexibility index (Phi) is 4.39. The molecule has 2 aromatic rings. The first-order valence-corrected chi connectivity index (χ1v) is 6.67. The molecule has 0 fully saturated rings. The fourth-order valence-corrected chi connectivity index (χ4v) is 2.56. The van der Waals surface area contributed by atoms with Crippen LogP contribution in [0.3, 0.4) is 0 Å². The molecule has 92 valence electrons. The van der Waals surface area contributed by atoms with Gasteiger partial charge in [0.2, 0.25) is 0 Å². The van der Waals surface area contributed by atoms with E-state index in [9.17, 15) is 9.18 Å². The SMILES string of the molecule is O=Cc1cc(F)ccc1SCc1ccc(Cl)cc1. The zero-order chi connectivity index (χ0) is 13.0. The summed E-state index contributed by atoms with van der Waals surface area (Å²) in [6.07, 6.45) is 0.674. The van der Waals surface area contributed by atoms with Crippen LogP contribution in [0, 0.1) is 5.82 Å². The molecule has 0 atom stereocenters. The molecular weight excluding hydrogens is 271 g/mol. The minimum atomic E-state index is -0.395. The second kappa shape index (κ2) is 6.03. The molecule has 0 saturated carbocycles. The Bertz CT molecular complexity index is 554. The molecule has 0 aliphatic heterocycles. The van der Waals surface area contributed by atoms with Crippen LogP contribution in [-0.2, 0) is 5.75 Å². The number of hydrogen-bond donors (Lipinski definition) is 0. The summed E-state index contributed by atoms with van der Waals surface area (Å²) in [6.45, 7) is 0. The Hall–Kier alpha value is -1.32. The van der Waals surface area contributed by atoms with Gasteiger partial charge in [0.25, 0.3) is 0 Å². The van der Waals surface area contributed by atoms with Crippen LogP contribution >= 0.6 is 23.4 Å². The van der Waals surface area contributed by atoms with Crippen LogP contribution in [0.5, 0.6) is 0 Å². The Morgan fingerprint density at radius 1 is 1.17 bits per heavy atom. The Labute approximate surface area is 114 Å². The van der Waals surface area contributed by atoms with Gasteiger partial charge in [-0.2, -0.15) is 0 Å². The van der Waals surface area contributed by atoms with E-state index in [1.807, 2.05) is 24.3 Å². The number of benzene rings is 2. The van der Waals surface area contributed by atoms with E-state index in [0.29, 0.717) is 22.6 Å². The molecule has 0 aliphatic rings. The van der Waals surface area contributed by atoms with E-state index in [2.05, 4.69) is 0 Å². The zero-order valence-corrected chi connectivity index (χ0v) is 11.0. The molecule has 0 aliphatic carbocycles. The van der Waals surface area contributed by atoms with Crippen molar-refractivity contribution < 1.29 is 9.18 Å². The van der Waals surface area contributed by atoms with Gasteiger partial charge in [-0.3, -0.25) is 4.79 Å². The second-order valence-electron chi connectivity index (χ2n) is 3.72. The van der Waals surface area contributed by atoms with Crippen molar-refractivity contribution in [3.8, 4) is 0 Å². The van der Waals surface area contributed by atoms with Crippen molar-refractivity contribution >= 4 is 29.6 Å². The molecular formula is C14H10ClFOS. The summed E-state index contributed by atoms with van der Waals surface area (Å²) in [5.41, 5.74) is 1.49. The molecule has 0 N–H and O–H groups in total. The van der Waals surface area contributed by atoms with Crippen molar-refractivity contribution in [1.82, 2.24) is 0 Å². The van der Waals surface area contributed by atoms with Crippen LogP contribution in [0.15, 0.2) is 47.4 Å². The molecule has 0 heterocycles. The first kappa shape index (κ1) is 13.1. The lowest BCUT2D eigenvalue weighted by atomic mass is 10.2. The largest absolute Gasteiger partial charge is 0.298 e. The predicted octanol–water partition coefficient (Wildman–Crippen LogP) is 4.58. The van der Waals surface area contributed by atoms with Crippen molar-refractivity contribution in [2.75, 3.05) is 0 Å². The first-order chi connectivity index (χ1) is 8.69. The number of carbonyl (C=O) groups excluding carboxylic acids is 1. The number of halogens is 2. The molecule has 2 rings (SSSR count). The smallest absolute Gasteiger partial charge is 0.151 e. The second-order valence-corrected chi connectivity index (χ2v) is 5.17. The molecule has 0 amide bonds. The third-order valence-corrected chi connectivity index (χ3v) is 3.82. The van der Waals surface area contributed by atoms with E-state index in [-0.39, 0.29) is 0 Å². The normalized spacial score (nSPS) is 10.3. The summed E-state index contributed by atoms with van der Waals surface area (Å²) in [6, 6.07) is 11.7. The van der Waals surface area contributed by atoms with Crippen LogP contribution in [-0.4, -0.2) is 6.29 Å². The molecule has 0 saturated heterocycles. The monoisotopic (exact) mass is 280 g/mol. The van der Waals surface area contributed by atoms with Crippen LogP contribution in [0.4, 0.5) is 4.39 Å². The highest BCUT2D eigenvalue weighted by Gasteiger charge is 2.04. The number of aldehydes is 1. The van der Waals surface area contributed by atoms with Crippen LogP contribution in [0.1, 0.15) is 15.9 Å². The van der Waals surface area contributed by atoms with Gasteiger partial charge in [-0.15, -0.1) is 11.8 Å². The lowest BCUT2D eigenvalue weighted by molar-refractivity contribution is 0.112. The number of carbonyl (C=O) groups is 1. The Morgan fingerprint density at radius 2 is 1.89 bits per heavy atom. The molecule has 4 heteroatoms. The van der Waals surface area contributed by atoms with Crippen molar-refractivity contribution in [2.45, 2.75) is 10.6 Å². The summed E-state index contributed by atoms with van der Waals surface area (Å²) >= 11 is 7.30. The fourth-order valence-electron chi connectivity index (χ4n) is 1.48. The molecule has 0 spiro atoms.